The van der Waals surface area contributed by atoms with Crippen LogP contribution in [0.1, 0.15) is 10.4 Å². The summed E-state index contributed by atoms with van der Waals surface area (Å²) in [6.45, 7) is 0. The quantitative estimate of drug-likeness (QED) is 0.541. The van der Waals surface area contributed by atoms with Crippen molar-refractivity contribution in [2.24, 2.45) is 0 Å². The van der Waals surface area contributed by atoms with E-state index >= 15 is 0 Å². The lowest BCUT2D eigenvalue weighted by Gasteiger charge is -2.11. The summed E-state index contributed by atoms with van der Waals surface area (Å²) < 4.78 is 35.4. The number of ether oxygens (including phenoxy) is 2. The van der Waals surface area contributed by atoms with Crippen LogP contribution in [0.3, 0.4) is 0 Å². The highest BCUT2D eigenvalue weighted by Crippen LogP contribution is 2.36. The number of methoxy groups -OCH3 is 2. The summed E-state index contributed by atoms with van der Waals surface area (Å²) in [6, 6.07) is 9.77. The number of sulfonamides is 1. The van der Waals surface area contributed by atoms with E-state index in [1.165, 1.54) is 37.7 Å². The summed E-state index contributed by atoms with van der Waals surface area (Å²) in [5, 5.41) is 5.17. The number of carbonyl (C=O) groups excluding carboxylic acids is 1. The van der Waals surface area contributed by atoms with Gasteiger partial charge in [0.15, 0.2) is 16.6 Å². The zero-order chi connectivity index (χ0) is 21.9. The predicted octanol–water partition coefficient (Wildman–Crippen LogP) is 4.10. The number of hydrogen-bond donors (Lipinski definition) is 2. The molecule has 0 bridgehead atoms. The molecule has 0 aliphatic heterocycles. The Hall–Kier alpha value is -2.82. The molecule has 0 spiro atoms. The largest absolute Gasteiger partial charge is 0.493 e. The Balaban J connectivity index is 1.76. The highest BCUT2D eigenvalue weighted by Gasteiger charge is 2.16. The van der Waals surface area contributed by atoms with E-state index in [-0.39, 0.29) is 5.02 Å². The molecule has 158 valence electrons. The van der Waals surface area contributed by atoms with Crippen LogP contribution in [-0.4, -0.2) is 39.8 Å². The third kappa shape index (κ3) is 5.21. The number of nitrogens with zero attached hydrogens (tertiary/aromatic N) is 1. The van der Waals surface area contributed by atoms with Crippen molar-refractivity contribution in [3.05, 3.63) is 52.4 Å². The Morgan fingerprint density at radius 2 is 1.83 bits per heavy atom. The van der Waals surface area contributed by atoms with Crippen molar-refractivity contribution in [2.75, 3.05) is 30.5 Å². The number of hydrogen-bond acceptors (Lipinski definition) is 7. The zero-order valence-electron chi connectivity index (χ0n) is 16.2. The van der Waals surface area contributed by atoms with Gasteiger partial charge in [-0.05, 0) is 24.3 Å². The van der Waals surface area contributed by atoms with Crippen molar-refractivity contribution in [1.29, 1.82) is 0 Å². The van der Waals surface area contributed by atoms with Crippen LogP contribution >= 0.6 is 22.9 Å². The normalized spacial score (nSPS) is 11.1. The molecule has 0 aliphatic rings. The van der Waals surface area contributed by atoms with Crippen molar-refractivity contribution in [2.45, 2.75) is 0 Å². The monoisotopic (exact) mass is 467 g/mol. The summed E-state index contributed by atoms with van der Waals surface area (Å²) in [7, 11) is -0.420. The topological polar surface area (TPSA) is 107 Å². The molecule has 1 heterocycles. The van der Waals surface area contributed by atoms with E-state index in [0.717, 1.165) is 11.8 Å². The highest BCUT2D eigenvalue weighted by molar-refractivity contribution is 7.92. The lowest BCUT2D eigenvalue weighted by molar-refractivity contribution is 0.102. The molecule has 3 aromatic rings. The average molecular weight is 468 g/mol. The molecule has 2 aromatic carbocycles. The Morgan fingerprint density at radius 1 is 1.13 bits per heavy atom. The van der Waals surface area contributed by atoms with Gasteiger partial charge >= 0.3 is 0 Å². The summed E-state index contributed by atoms with van der Waals surface area (Å²) in [5.41, 5.74) is 2.17. The lowest BCUT2D eigenvalue weighted by Crippen LogP contribution is -2.12. The van der Waals surface area contributed by atoms with Gasteiger partial charge in [-0.3, -0.25) is 14.8 Å². The van der Waals surface area contributed by atoms with E-state index in [4.69, 9.17) is 21.1 Å². The van der Waals surface area contributed by atoms with Crippen LogP contribution in [0.15, 0.2) is 41.8 Å². The number of halogens is 1. The zero-order valence-corrected chi connectivity index (χ0v) is 18.6. The minimum atomic E-state index is -3.34. The average Bonchev–Trinajstić information content (AvgIpc) is 3.15. The summed E-state index contributed by atoms with van der Waals surface area (Å²) in [6.07, 6.45) is 1.09. The second kappa shape index (κ2) is 8.90. The lowest BCUT2D eigenvalue weighted by atomic mass is 10.1. The summed E-state index contributed by atoms with van der Waals surface area (Å²) >= 11 is 7.42. The molecule has 0 saturated carbocycles. The molecule has 0 aliphatic carbocycles. The van der Waals surface area contributed by atoms with Gasteiger partial charge in [0.25, 0.3) is 5.91 Å². The SMILES string of the molecule is COc1cc(C(=O)Nc2nc(-c3ccc(NS(C)(=O)=O)cc3)cs2)cc(Cl)c1OC. The maximum atomic E-state index is 12.6. The van der Waals surface area contributed by atoms with Gasteiger partial charge in [-0.2, -0.15) is 0 Å². The molecular formula is C19H18ClN3O5S2. The van der Waals surface area contributed by atoms with E-state index in [1.807, 2.05) is 0 Å². The Bertz CT molecular complexity index is 1180. The first-order chi connectivity index (χ1) is 14.2. The van der Waals surface area contributed by atoms with Gasteiger partial charge < -0.3 is 9.47 Å². The standard InChI is InChI=1S/C19H18ClN3O5S2/c1-27-16-9-12(8-14(20)17(16)28-2)18(24)22-19-21-15(10-29-19)11-4-6-13(7-5-11)23-30(3,25)26/h4-10,23H,1-3H3,(H,21,22,24). The molecule has 2 N–H and O–H groups in total. The number of nitrogens with one attached hydrogen (secondary N) is 2. The van der Waals surface area contributed by atoms with Gasteiger partial charge in [0.1, 0.15) is 0 Å². The van der Waals surface area contributed by atoms with Crippen molar-refractivity contribution >= 4 is 49.7 Å². The molecule has 1 amide bonds. The first-order valence-electron chi connectivity index (χ1n) is 8.47. The molecule has 8 nitrogen and oxygen atoms in total. The fourth-order valence-corrected chi connectivity index (χ4v) is 4.17. The van der Waals surface area contributed by atoms with Crippen LogP contribution < -0.4 is 19.5 Å². The van der Waals surface area contributed by atoms with Crippen molar-refractivity contribution in [3.63, 3.8) is 0 Å². The second-order valence-electron chi connectivity index (χ2n) is 6.14. The van der Waals surface area contributed by atoms with E-state index in [0.29, 0.717) is 33.6 Å². The van der Waals surface area contributed by atoms with E-state index in [9.17, 15) is 13.2 Å². The molecule has 0 radical (unpaired) electrons. The number of aromatic nitrogens is 1. The highest BCUT2D eigenvalue weighted by atomic mass is 35.5. The summed E-state index contributed by atoms with van der Waals surface area (Å²) in [5.74, 6) is 0.297. The third-order valence-corrected chi connectivity index (χ3v) is 5.55. The molecular weight excluding hydrogens is 450 g/mol. The Kier molecular flexibility index (Phi) is 6.49. The number of rotatable bonds is 7. The summed E-state index contributed by atoms with van der Waals surface area (Å²) in [4.78, 5) is 17.0. The molecule has 3 rings (SSSR count). The van der Waals surface area contributed by atoms with Gasteiger partial charge in [-0.15, -0.1) is 11.3 Å². The molecule has 0 saturated heterocycles. The van der Waals surface area contributed by atoms with E-state index in [2.05, 4.69) is 15.0 Å². The van der Waals surface area contributed by atoms with E-state index in [1.54, 1.807) is 29.6 Å². The van der Waals surface area contributed by atoms with Crippen LogP contribution in [0.2, 0.25) is 5.02 Å². The maximum Gasteiger partial charge on any atom is 0.257 e. The van der Waals surface area contributed by atoms with Gasteiger partial charge in [-0.1, -0.05) is 23.7 Å². The minimum Gasteiger partial charge on any atom is -0.493 e. The first-order valence-corrected chi connectivity index (χ1v) is 11.6. The minimum absolute atomic E-state index is 0.254. The van der Waals surface area contributed by atoms with Gasteiger partial charge in [-0.25, -0.2) is 13.4 Å². The smallest absolute Gasteiger partial charge is 0.257 e. The Labute approximate surface area is 182 Å². The van der Waals surface area contributed by atoms with Crippen molar-refractivity contribution in [1.82, 2.24) is 4.98 Å². The molecule has 30 heavy (non-hydrogen) atoms. The van der Waals surface area contributed by atoms with Crippen LogP contribution in [-0.2, 0) is 10.0 Å². The van der Waals surface area contributed by atoms with E-state index < -0.39 is 15.9 Å². The third-order valence-electron chi connectivity index (χ3n) is 3.90. The number of thiazole rings is 1. The van der Waals surface area contributed by atoms with Crippen LogP contribution in [0, 0.1) is 0 Å². The molecule has 0 fully saturated rings. The fourth-order valence-electron chi connectivity index (χ4n) is 2.61. The second-order valence-corrected chi connectivity index (χ2v) is 9.15. The predicted molar refractivity (Wildman–Crippen MR) is 119 cm³/mol. The van der Waals surface area contributed by atoms with Gasteiger partial charge in [0.2, 0.25) is 10.0 Å². The number of benzene rings is 2. The van der Waals surface area contributed by atoms with Crippen molar-refractivity contribution in [3.8, 4) is 22.8 Å². The van der Waals surface area contributed by atoms with Gasteiger partial charge in [0, 0.05) is 22.2 Å². The number of amides is 1. The molecule has 0 unspecified atom stereocenters. The van der Waals surface area contributed by atoms with Gasteiger partial charge in [0.05, 0.1) is 31.2 Å². The Morgan fingerprint density at radius 3 is 2.43 bits per heavy atom. The van der Waals surface area contributed by atoms with Crippen LogP contribution in [0.4, 0.5) is 10.8 Å². The molecule has 0 atom stereocenters. The molecule has 1 aromatic heterocycles. The van der Waals surface area contributed by atoms with Crippen molar-refractivity contribution < 1.29 is 22.7 Å². The van der Waals surface area contributed by atoms with Crippen LogP contribution in [0.5, 0.6) is 11.5 Å². The van der Waals surface area contributed by atoms with Crippen LogP contribution in [0.25, 0.3) is 11.3 Å². The first kappa shape index (κ1) is 21.9. The molecule has 11 heteroatoms. The maximum absolute atomic E-state index is 12.6. The number of anilines is 2. The number of carbonyl (C=O) groups is 1. The fraction of sp³-hybridized carbons (Fsp3) is 0.158.